The molecule has 1 aromatic carbocycles. The average Bonchev–Trinajstić information content (AvgIpc) is 3.27. The standard InChI is InChI=1S/C22H26N4O3/c1-6-29-22(28)20-11-12-25(24-20)18-9-7-17(8-10-18)23-21(27)19-13-15(4)26(14(2)3)16(19)5/h7-14H,6H2,1-5H3,(H,23,27). The van der Waals surface area contributed by atoms with E-state index in [4.69, 9.17) is 4.74 Å². The van der Waals surface area contributed by atoms with Crippen molar-refractivity contribution in [2.24, 2.45) is 0 Å². The molecule has 7 nitrogen and oxygen atoms in total. The van der Waals surface area contributed by atoms with Gasteiger partial charge < -0.3 is 14.6 Å². The topological polar surface area (TPSA) is 78.1 Å². The summed E-state index contributed by atoms with van der Waals surface area (Å²) in [6, 6.07) is 11.1. The van der Waals surface area contributed by atoms with Gasteiger partial charge in [-0.25, -0.2) is 9.48 Å². The monoisotopic (exact) mass is 394 g/mol. The number of benzene rings is 1. The van der Waals surface area contributed by atoms with Crippen LogP contribution in [0.4, 0.5) is 5.69 Å². The molecule has 29 heavy (non-hydrogen) atoms. The molecule has 0 radical (unpaired) electrons. The number of rotatable bonds is 6. The van der Waals surface area contributed by atoms with Gasteiger partial charge in [-0.3, -0.25) is 4.79 Å². The van der Waals surface area contributed by atoms with Crippen LogP contribution in [0.2, 0.25) is 0 Å². The molecule has 3 aromatic rings. The van der Waals surface area contributed by atoms with Crippen LogP contribution in [0, 0.1) is 13.8 Å². The molecule has 2 aromatic heterocycles. The number of carbonyl (C=O) groups is 2. The lowest BCUT2D eigenvalue weighted by atomic mass is 10.2. The van der Waals surface area contributed by atoms with Gasteiger partial charge in [0, 0.05) is 29.3 Å². The fraction of sp³-hybridized carbons (Fsp3) is 0.318. The third kappa shape index (κ3) is 4.23. The van der Waals surface area contributed by atoms with Crippen molar-refractivity contribution in [2.75, 3.05) is 11.9 Å². The lowest BCUT2D eigenvalue weighted by Crippen LogP contribution is -2.14. The Morgan fingerprint density at radius 1 is 1.14 bits per heavy atom. The fourth-order valence-electron chi connectivity index (χ4n) is 3.48. The number of ether oxygens (including phenoxy) is 1. The number of aryl methyl sites for hydroxylation is 1. The molecule has 0 bridgehead atoms. The minimum absolute atomic E-state index is 0.138. The highest BCUT2D eigenvalue weighted by atomic mass is 16.5. The van der Waals surface area contributed by atoms with Gasteiger partial charge in [-0.05, 0) is 71.0 Å². The summed E-state index contributed by atoms with van der Waals surface area (Å²) >= 11 is 0. The second-order valence-electron chi connectivity index (χ2n) is 7.12. The van der Waals surface area contributed by atoms with Gasteiger partial charge in [0.05, 0.1) is 17.9 Å². The van der Waals surface area contributed by atoms with Crippen LogP contribution in [0.5, 0.6) is 0 Å². The normalized spacial score (nSPS) is 11.0. The van der Waals surface area contributed by atoms with Crippen molar-refractivity contribution >= 4 is 17.6 Å². The van der Waals surface area contributed by atoms with E-state index in [-0.39, 0.29) is 11.6 Å². The van der Waals surface area contributed by atoms with Crippen LogP contribution in [0.15, 0.2) is 42.6 Å². The molecule has 1 amide bonds. The predicted molar refractivity (Wildman–Crippen MR) is 112 cm³/mol. The first-order valence-electron chi connectivity index (χ1n) is 9.64. The average molecular weight is 394 g/mol. The summed E-state index contributed by atoms with van der Waals surface area (Å²) in [5, 5.41) is 7.17. The molecule has 2 heterocycles. The fourth-order valence-corrected chi connectivity index (χ4v) is 3.48. The third-order valence-electron chi connectivity index (χ3n) is 4.71. The van der Waals surface area contributed by atoms with Crippen LogP contribution >= 0.6 is 0 Å². The maximum Gasteiger partial charge on any atom is 0.358 e. The first-order valence-corrected chi connectivity index (χ1v) is 9.64. The molecule has 0 aliphatic rings. The van der Waals surface area contributed by atoms with Gasteiger partial charge in [0.2, 0.25) is 0 Å². The van der Waals surface area contributed by atoms with Crippen LogP contribution in [-0.2, 0) is 4.74 Å². The molecular weight excluding hydrogens is 368 g/mol. The second kappa shape index (κ2) is 8.34. The molecule has 0 saturated carbocycles. The zero-order valence-electron chi connectivity index (χ0n) is 17.4. The lowest BCUT2D eigenvalue weighted by molar-refractivity contribution is 0.0519. The number of hydrogen-bond acceptors (Lipinski definition) is 4. The quantitative estimate of drug-likeness (QED) is 0.632. The van der Waals surface area contributed by atoms with Crippen molar-refractivity contribution in [3.05, 3.63) is 65.2 Å². The van der Waals surface area contributed by atoms with E-state index in [1.165, 1.54) is 0 Å². The van der Waals surface area contributed by atoms with Crippen LogP contribution in [0.25, 0.3) is 5.69 Å². The number of hydrogen-bond donors (Lipinski definition) is 1. The summed E-state index contributed by atoms with van der Waals surface area (Å²) in [5.74, 6) is -0.587. The molecule has 3 rings (SSSR count). The van der Waals surface area contributed by atoms with Gasteiger partial charge in [-0.2, -0.15) is 5.10 Å². The summed E-state index contributed by atoms with van der Waals surface area (Å²) in [6.45, 7) is 10.2. The molecular formula is C22H26N4O3. The third-order valence-corrected chi connectivity index (χ3v) is 4.71. The van der Waals surface area contributed by atoms with E-state index in [1.807, 2.05) is 32.0 Å². The number of esters is 1. The molecule has 0 unspecified atom stereocenters. The van der Waals surface area contributed by atoms with Gasteiger partial charge in [0.15, 0.2) is 5.69 Å². The van der Waals surface area contributed by atoms with Crippen molar-refractivity contribution in [1.82, 2.24) is 14.3 Å². The zero-order chi connectivity index (χ0) is 21.1. The van der Waals surface area contributed by atoms with Crippen LogP contribution in [0.3, 0.4) is 0 Å². The highest BCUT2D eigenvalue weighted by Gasteiger charge is 2.17. The van der Waals surface area contributed by atoms with Gasteiger partial charge in [0.1, 0.15) is 0 Å². The Morgan fingerprint density at radius 3 is 2.41 bits per heavy atom. The number of anilines is 1. The van der Waals surface area contributed by atoms with Gasteiger partial charge in [-0.15, -0.1) is 0 Å². The second-order valence-corrected chi connectivity index (χ2v) is 7.12. The summed E-state index contributed by atoms with van der Waals surface area (Å²) in [4.78, 5) is 24.5. The highest BCUT2D eigenvalue weighted by molar-refractivity contribution is 6.05. The van der Waals surface area contributed by atoms with E-state index in [0.29, 0.717) is 23.9 Å². The number of aromatic nitrogens is 3. The number of amides is 1. The van der Waals surface area contributed by atoms with Crippen molar-refractivity contribution < 1.29 is 14.3 Å². The van der Waals surface area contributed by atoms with E-state index >= 15 is 0 Å². The first kappa shape index (κ1) is 20.4. The maximum absolute atomic E-state index is 12.7. The van der Waals surface area contributed by atoms with Gasteiger partial charge in [-0.1, -0.05) is 0 Å². The summed E-state index contributed by atoms with van der Waals surface area (Å²) in [6.07, 6.45) is 1.70. The number of nitrogens with zero attached hydrogens (tertiary/aromatic N) is 3. The van der Waals surface area contributed by atoms with Gasteiger partial charge in [0.25, 0.3) is 5.91 Å². The first-order chi connectivity index (χ1) is 13.8. The Balaban J connectivity index is 1.74. The SMILES string of the molecule is CCOC(=O)c1ccn(-c2ccc(NC(=O)c3cc(C)n(C(C)C)c3C)cc2)n1. The Hall–Kier alpha value is -3.35. The smallest absolute Gasteiger partial charge is 0.358 e. The molecule has 0 spiro atoms. The molecule has 7 heteroatoms. The Kier molecular flexibility index (Phi) is 5.87. The predicted octanol–water partition coefficient (Wildman–Crippen LogP) is 4.30. The molecule has 0 aliphatic heterocycles. The van der Waals surface area contributed by atoms with E-state index < -0.39 is 5.97 Å². The van der Waals surface area contributed by atoms with Crippen molar-refractivity contribution in [2.45, 2.75) is 40.7 Å². The maximum atomic E-state index is 12.7. The van der Waals surface area contributed by atoms with Crippen molar-refractivity contribution in [3.63, 3.8) is 0 Å². The van der Waals surface area contributed by atoms with E-state index in [0.717, 1.165) is 17.1 Å². The summed E-state index contributed by atoms with van der Waals surface area (Å²) in [7, 11) is 0. The van der Waals surface area contributed by atoms with E-state index in [1.54, 1.807) is 36.0 Å². The minimum atomic E-state index is -0.450. The molecule has 1 N–H and O–H groups in total. The number of nitrogens with one attached hydrogen (secondary N) is 1. The summed E-state index contributed by atoms with van der Waals surface area (Å²) < 4.78 is 8.69. The van der Waals surface area contributed by atoms with Crippen molar-refractivity contribution in [3.8, 4) is 5.69 Å². The van der Waals surface area contributed by atoms with Crippen molar-refractivity contribution in [1.29, 1.82) is 0 Å². The largest absolute Gasteiger partial charge is 0.461 e. The molecule has 0 aliphatic carbocycles. The number of carbonyl (C=O) groups excluding carboxylic acids is 2. The summed E-state index contributed by atoms with van der Waals surface area (Å²) in [5.41, 5.74) is 4.40. The van der Waals surface area contributed by atoms with Crippen LogP contribution < -0.4 is 5.32 Å². The zero-order valence-corrected chi connectivity index (χ0v) is 17.4. The Bertz CT molecular complexity index is 1030. The van der Waals surface area contributed by atoms with Crippen LogP contribution in [0.1, 0.15) is 59.0 Å². The Morgan fingerprint density at radius 2 is 1.83 bits per heavy atom. The van der Waals surface area contributed by atoms with E-state index in [9.17, 15) is 9.59 Å². The van der Waals surface area contributed by atoms with Gasteiger partial charge >= 0.3 is 5.97 Å². The molecule has 0 saturated heterocycles. The lowest BCUT2D eigenvalue weighted by Gasteiger charge is -2.13. The molecule has 0 atom stereocenters. The highest BCUT2D eigenvalue weighted by Crippen LogP contribution is 2.22. The van der Waals surface area contributed by atoms with Crippen LogP contribution in [-0.4, -0.2) is 32.8 Å². The molecule has 152 valence electrons. The molecule has 0 fully saturated rings. The minimum Gasteiger partial charge on any atom is -0.461 e. The van der Waals surface area contributed by atoms with E-state index in [2.05, 4.69) is 28.8 Å². The Labute approximate surface area is 170 Å².